The van der Waals surface area contributed by atoms with Crippen LogP contribution in [-0.4, -0.2) is 12.1 Å². The Labute approximate surface area is 128 Å². The van der Waals surface area contributed by atoms with Crippen molar-refractivity contribution >= 4 is 22.9 Å². The van der Waals surface area contributed by atoms with Gasteiger partial charge < -0.3 is 4.42 Å². The largest absolute Gasteiger partial charge is 0.460 e. The fourth-order valence-corrected chi connectivity index (χ4v) is 2.35. The summed E-state index contributed by atoms with van der Waals surface area (Å²) < 4.78 is 5.34. The van der Waals surface area contributed by atoms with E-state index in [4.69, 9.17) is 4.42 Å². The summed E-state index contributed by atoms with van der Waals surface area (Å²) in [6, 6.07) is 17.6. The molecular weight excluding hydrogens is 276 g/mol. The Hall–Kier alpha value is -2.88. The minimum absolute atomic E-state index is 0.157. The van der Waals surface area contributed by atoms with Gasteiger partial charge in [0.15, 0.2) is 0 Å². The van der Waals surface area contributed by atoms with Gasteiger partial charge in [0.25, 0.3) is 0 Å². The summed E-state index contributed by atoms with van der Waals surface area (Å²) in [5, 5.41) is 6.13. The zero-order valence-corrected chi connectivity index (χ0v) is 12.2. The van der Waals surface area contributed by atoms with Crippen LogP contribution < -0.4 is 5.43 Å². The highest BCUT2D eigenvalue weighted by atomic mass is 16.3. The Kier molecular flexibility index (Phi) is 4.01. The molecule has 1 heterocycles. The minimum Gasteiger partial charge on any atom is -0.460 e. The van der Waals surface area contributed by atoms with Crippen molar-refractivity contribution < 1.29 is 9.21 Å². The monoisotopic (exact) mass is 292 g/mol. The van der Waals surface area contributed by atoms with E-state index < -0.39 is 0 Å². The molecule has 3 rings (SSSR count). The Morgan fingerprint density at radius 2 is 1.95 bits per heavy atom. The maximum absolute atomic E-state index is 12.0. The number of amides is 1. The molecule has 110 valence electrons. The Morgan fingerprint density at radius 3 is 2.77 bits per heavy atom. The zero-order chi connectivity index (χ0) is 15.4. The number of aryl methyl sites for hydroxylation is 1. The van der Waals surface area contributed by atoms with Gasteiger partial charge in [-0.15, -0.1) is 0 Å². The number of carbonyl (C=O) groups is 1. The van der Waals surface area contributed by atoms with Crippen LogP contribution in [0.4, 0.5) is 0 Å². The van der Waals surface area contributed by atoms with Crippen LogP contribution in [0, 0.1) is 6.92 Å². The van der Waals surface area contributed by atoms with Crippen LogP contribution in [0.3, 0.4) is 0 Å². The lowest BCUT2D eigenvalue weighted by Crippen LogP contribution is -2.19. The predicted octanol–water partition coefficient (Wildman–Crippen LogP) is 3.43. The van der Waals surface area contributed by atoms with E-state index in [1.807, 2.05) is 55.5 Å². The van der Waals surface area contributed by atoms with E-state index >= 15 is 0 Å². The maximum atomic E-state index is 12.0. The quantitative estimate of drug-likeness (QED) is 0.591. The molecule has 2 aromatic carbocycles. The van der Waals surface area contributed by atoms with Crippen molar-refractivity contribution in [2.24, 2.45) is 5.10 Å². The molecule has 22 heavy (non-hydrogen) atoms. The molecule has 0 aliphatic heterocycles. The minimum atomic E-state index is -0.157. The molecule has 0 bridgehead atoms. The molecule has 0 unspecified atom stereocenters. The van der Waals surface area contributed by atoms with E-state index in [1.165, 1.54) is 6.21 Å². The molecule has 0 aliphatic rings. The van der Waals surface area contributed by atoms with E-state index in [9.17, 15) is 4.79 Å². The molecule has 1 N–H and O–H groups in total. The number of hydrazone groups is 1. The highest BCUT2D eigenvalue weighted by Gasteiger charge is 2.05. The van der Waals surface area contributed by atoms with E-state index in [2.05, 4.69) is 10.5 Å². The molecule has 1 amide bonds. The second-order valence-electron chi connectivity index (χ2n) is 5.06. The molecule has 0 aliphatic carbocycles. The summed E-state index contributed by atoms with van der Waals surface area (Å²) in [5.74, 6) is 1.27. The van der Waals surface area contributed by atoms with E-state index in [0.29, 0.717) is 5.76 Å². The van der Waals surface area contributed by atoms with Gasteiger partial charge in [-0.1, -0.05) is 42.5 Å². The third-order valence-electron chi connectivity index (χ3n) is 3.37. The highest BCUT2D eigenvalue weighted by Crippen LogP contribution is 2.18. The van der Waals surface area contributed by atoms with Crippen LogP contribution in [0.15, 0.2) is 64.1 Å². The third-order valence-corrected chi connectivity index (χ3v) is 3.37. The number of fused-ring (bicyclic) bond motifs is 1. The van der Waals surface area contributed by atoms with Crippen molar-refractivity contribution in [2.45, 2.75) is 13.3 Å². The smallest absolute Gasteiger partial charge is 0.244 e. The van der Waals surface area contributed by atoms with Crippen molar-refractivity contribution in [1.29, 1.82) is 0 Å². The van der Waals surface area contributed by atoms with Crippen LogP contribution in [0.2, 0.25) is 0 Å². The molecule has 4 nitrogen and oxygen atoms in total. The van der Waals surface area contributed by atoms with E-state index in [0.717, 1.165) is 22.1 Å². The first kappa shape index (κ1) is 14.1. The number of nitrogens with one attached hydrogen (secondary N) is 1. The third kappa shape index (κ3) is 3.23. The van der Waals surface area contributed by atoms with E-state index in [-0.39, 0.29) is 12.3 Å². The van der Waals surface area contributed by atoms with Crippen molar-refractivity contribution in [3.63, 3.8) is 0 Å². The summed E-state index contributed by atoms with van der Waals surface area (Å²) >= 11 is 0. The number of hydrogen-bond acceptors (Lipinski definition) is 3. The topological polar surface area (TPSA) is 54.6 Å². The van der Waals surface area contributed by atoms with E-state index in [1.54, 1.807) is 6.07 Å². The molecule has 0 saturated carbocycles. The van der Waals surface area contributed by atoms with Gasteiger partial charge in [-0.25, -0.2) is 5.43 Å². The number of carbonyl (C=O) groups excluding carboxylic acids is 1. The van der Waals surface area contributed by atoms with Gasteiger partial charge in [0.2, 0.25) is 5.91 Å². The van der Waals surface area contributed by atoms with Gasteiger partial charge in [-0.3, -0.25) is 4.79 Å². The maximum Gasteiger partial charge on any atom is 0.244 e. The molecule has 0 atom stereocenters. The number of nitrogens with zero attached hydrogens (tertiary/aromatic N) is 1. The van der Waals surface area contributed by atoms with Crippen molar-refractivity contribution in [3.05, 3.63) is 71.7 Å². The fourth-order valence-electron chi connectivity index (χ4n) is 2.35. The van der Waals surface area contributed by atoms with Gasteiger partial charge in [-0.05, 0) is 35.4 Å². The Bertz CT molecular complexity index is 828. The average molecular weight is 292 g/mol. The van der Waals surface area contributed by atoms with Crippen LogP contribution in [0.25, 0.3) is 10.8 Å². The molecule has 0 radical (unpaired) electrons. The first-order chi connectivity index (χ1) is 10.7. The van der Waals surface area contributed by atoms with Gasteiger partial charge in [0.1, 0.15) is 11.5 Å². The van der Waals surface area contributed by atoms with Gasteiger partial charge in [0.05, 0.1) is 12.6 Å². The summed E-state index contributed by atoms with van der Waals surface area (Å²) in [6.45, 7) is 1.86. The zero-order valence-electron chi connectivity index (χ0n) is 12.2. The van der Waals surface area contributed by atoms with Gasteiger partial charge in [0, 0.05) is 0 Å². The number of rotatable bonds is 4. The number of hydrogen-bond donors (Lipinski definition) is 1. The SMILES string of the molecule is Cc1ccc(/C=N/NC(=O)Cc2cccc3ccccc23)o1. The number of benzene rings is 2. The fraction of sp³-hybridized carbons (Fsp3) is 0.111. The predicted molar refractivity (Wildman–Crippen MR) is 86.8 cm³/mol. The molecule has 0 saturated heterocycles. The Morgan fingerprint density at radius 1 is 1.14 bits per heavy atom. The first-order valence-corrected chi connectivity index (χ1v) is 7.07. The summed E-state index contributed by atoms with van der Waals surface area (Å²) in [5.41, 5.74) is 3.51. The van der Waals surface area contributed by atoms with Crippen molar-refractivity contribution in [3.8, 4) is 0 Å². The molecule has 1 aromatic heterocycles. The standard InChI is InChI=1S/C18H16N2O2/c1-13-9-10-16(22-13)12-19-20-18(21)11-15-7-4-6-14-5-2-3-8-17(14)15/h2-10,12H,11H2,1H3,(H,20,21)/b19-12+. The lowest BCUT2D eigenvalue weighted by Gasteiger charge is -2.05. The second-order valence-corrected chi connectivity index (χ2v) is 5.06. The average Bonchev–Trinajstić information content (AvgIpc) is 2.93. The molecule has 3 aromatic rings. The lowest BCUT2D eigenvalue weighted by atomic mass is 10.0. The number of furan rings is 1. The summed E-state index contributed by atoms with van der Waals surface area (Å²) in [4.78, 5) is 12.0. The van der Waals surface area contributed by atoms with Crippen LogP contribution in [0.5, 0.6) is 0 Å². The lowest BCUT2D eigenvalue weighted by molar-refractivity contribution is -0.120. The second kappa shape index (κ2) is 6.26. The normalized spacial score (nSPS) is 11.1. The van der Waals surface area contributed by atoms with Crippen molar-refractivity contribution in [1.82, 2.24) is 5.43 Å². The molecule has 0 spiro atoms. The molecule has 4 heteroatoms. The van der Waals surface area contributed by atoms with Crippen LogP contribution >= 0.6 is 0 Å². The van der Waals surface area contributed by atoms with Gasteiger partial charge >= 0.3 is 0 Å². The highest BCUT2D eigenvalue weighted by molar-refractivity contribution is 5.90. The van der Waals surface area contributed by atoms with Gasteiger partial charge in [-0.2, -0.15) is 5.10 Å². The molecule has 0 fully saturated rings. The summed E-state index contributed by atoms with van der Waals surface area (Å²) in [7, 11) is 0. The first-order valence-electron chi connectivity index (χ1n) is 7.07. The van der Waals surface area contributed by atoms with Crippen LogP contribution in [0.1, 0.15) is 17.1 Å². The van der Waals surface area contributed by atoms with Crippen LogP contribution in [-0.2, 0) is 11.2 Å². The molecular formula is C18H16N2O2. The Balaban J connectivity index is 1.67. The summed E-state index contributed by atoms with van der Waals surface area (Å²) in [6.07, 6.45) is 1.78. The van der Waals surface area contributed by atoms with Crippen molar-refractivity contribution in [2.75, 3.05) is 0 Å².